The number of nitrogens with two attached hydrogens (primary N) is 1. The molecule has 1 aromatic rings. The third kappa shape index (κ3) is 28.6. The molecule has 0 radical (unpaired) electrons. The van der Waals surface area contributed by atoms with Crippen LogP contribution >= 0.6 is 0 Å². The number of rotatable bonds is 41. The molecule has 0 saturated carbocycles. The number of ether oxygens (including phenoxy) is 8. The third-order valence-electron chi connectivity index (χ3n) is 9.38. The lowest BCUT2D eigenvalue weighted by Gasteiger charge is -2.25. The number of nitrogens with one attached hydrogen (secondary N) is 5. The highest BCUT2D eigenvalue weighted by molar-refractivity contribution is 6.13. The lowest BCUT2D eigenvalue weighted by molar-refractivity contribution is -0.137. The molecule has 2 atom stereocenters. The van der Waals surface area contributed by atoms with Gasteiger partial charge in [0.15, 0.2) is 0 Å². The first-order valence-corrected chi connectivity index (χ1v) is 22.5. The molecule has 1 aliphatic heterocycles. The number of imide groups is 1. The van der Waals surface area contributed by atoms with Crippen molar-refractivity contribution in [2.75, 3.05) is 131 Å². The Kier molecular flexibility index (Phi) is 32.0. The molecule has 0 bridgehead atoms. The number of aliphatic hydroxyl groups excluding tert-OH is 1. The molecule has 8 N–H and O–H groups in total. The van der Waals surface area contributed by atoms with Crippen molar-refractivity contribution in [2.24, 2.45) is 11.7 Å². The molecule has 1 aliphatic rings. The summed E-state index contributed by atoms with van der Waals surface area (Å²) in [5.74, 6) is -2.82. The monoisotopic (exact) mass is 953 g/mol. The molecule has 0 aromatic heterocycles. The second-order valence-corrected chi connectivity index (χ2v) is 15.0. The summed E-state index contributed by atoms with van der Waals surface area (Å²) in [5, 5.41) is 22.6. The highest BCUT2D eigenvalue weighted by Crippen LogP contribution is 2.12. The first-order chi connectivity index (χ1) is 32.4. The summed E-state index contributed by atoms with van der Waals surface area (Å²) in [6.45, 7) is 9.62. The lowest BCUT2D eigenvalue weighted by Crippen LogP contribution is -2.54. The molecular weight excluding hydrogens is 883 g/mol. The topological polar surface area (TPSA) is 303 Å². The Morgan fingerprint density at radius 2 is 1.07 bits per heavy atom. The normalized spacial score (nSPS) is 13.2. The predicted octanol–water partition coefficient (Wildman–Crippen LogP) is -0.854. The molecule has 1 aromatic carbocycles. The smallest absolute Gasteiger partial charge is 0.312 e. The number of carbonyl (C=O) groups excluding carboxylic acids is 7. The molecule has 1 heterocycles. The van der Waals surface area contributed by atoms with Crippen LogP contribution in [-0.4, -0.2) is 189 Å². The van der Waals surface area contributed by atoms with Crippen molar-refractivity contribution in [3.05, 3.63) is 42.0 Å². The Morgan fingerprint density at radius 3 is 1.54 bits per heavy atom. The van der Waals surface area contributed by atoms with E-state index in [0.29, 0.717) is 117 Å². The van der Waals surface area contributed by atoms with Gasteiger partial charge in [-0.3, -0.25) is 33.7 Å². The van der Waals surface area contributed by atoms with Gasteiger partial charge in [0.2, 0.25) is 23.6 Å². The summed E-state index contributed by atoms with van der Waals surface area (Å²) in [6, 6.07) is 3.98. The number of anilines is 1. The summed E-state index contributed by atoms with van der Waals surface area (Å²) in [6.07, 6.45) is 2.93. The van der Waals surface area contributed by atoms with E-state index in [0.717, 1.165) is 4.90 Å². The van der Waals surface area contributed by atoms with E-state index in [1.165, 1.54) is 12.2 Å². The van der Waals surface area contributed by atoms with Gasteiger partial charge in [-0.05, 0) is 36.5 Å². The Balaban J connectivity index is 1.39. The zero-order valence-corrected chi connectivity index (χ0v) is 38.8. The van der Waals surface area contributed by atoms with Crippen molar-refractivity contribution in [1.82, 2.24) is 26.2 Å². The number of benzene rings is 1. The first kappa shape index (κ1) is 58.0. The van der Waals surface area contributed by atoms with Gasteiger partial charge in [0, 0.05) is 50.3 Å². The lowest BCUT2D eigenvalue weighted by atomic mass is 10.0. The SMILES string of the molecule is CC(C)[C@H](NC(=O)CCOCCOCCOCCOCCOCCOCCOCCOCCNC(=O)CCN1C(=O)C=CC1=O)C(=O)NC(CCCNC(N)=O)C(=O)Nc1ccc(CO)cc1. The van der Waals surface area contributed by atoms with Gasteiger partial charge >= 0.3 is 6.03 Å². The van der Waals surface area contributed by atoms with Crippen molar-refractivity contribution >= 4 is 47.2 Å². The van der Waals surface area contributed by atoms with Crippen LogP contribution < -0.4 is 32.3 Å². The Bertz CT molecular complexity index is 1620. The fraction of sp³-hybridized carbons (Fsp3) is 0.659. The molecule has 0 spiro atoms. The summed E-state index contributed by atoms with van der Waals surface area (Å²) in [4.78, 5) is 86.1. The number of hydrogen-bond acceptors (Lipinski definition) is 16. The Morgan fingerprint density at radius 1 is 0.597 bits per heavy atom. The van der Waals surface area contributed by atoms with E-state index < -0.39 is 47.7 Å². The maximum absolute atomic E-state index is 13.3. The van der Waals surface area contributed by atoms with Gasteiger partial charge in [-0.1, -0.05) is 26.0 Å². The molecule has 0 aliphatic carbocycles. The average molecular weight is 954 g/mol. The van der Waals surface area contributed by atoms with Crippen LogP contribution in [0.3, 0.4) is 0 Å². The van der Waals surface area contributed by atoms with Crippen LogP contribution in [0.25, 0.3) is 0 Å². The number of amides is 8. The van der Waals surface area contributed by atoms with Gasteiger partial charge in [0.25, 0.3) is 11.8 Å². The largest absolute Gasteiger partial charge is 0.392 e. The number of aliphatic hydroxyl groups is 1. The van der Waals surface area contributed by atoms with Gasteiger partial charge in [-0.15, -0.1) is 0 Å². The molecule has 1 unspecified atom stereocenters. The molecule has 23 nitrogen and oxygen atoms in total. The molecule has 2 rings (SSSR count). The van der Waals surface area contributed by atoms with Crippen LogP contribution in [0.2, 0.25) is 0 Å². The Labute approximate surface area is 391 Å². The minimum atomic E-state index is -0.978. The van der Waals surface area contributed by atoms with Crippen LogP contribution in [0.4, 0.5) is 10.5 Å². The number of hydrogen-bond donors (Lipinski definition) is 7. The van der Waals surface area contributed by atoms with E-state index in [9.17, 15) is 38.7 Å². The van der Waals surface area contributed by atoms with Crippen LogP contribution in [0, 0.1) is 5.92 Å². The standard InChI is InChI=1S/C44H71N7O16/c1-33(2)41(43(58)49-36(4-3-13-47-44(45)59)42(57)48-35-7-5-34(32-52)6-8-35)50-38(54)12-16-60-18-20-62-22-24-64-26-28-66-30-31-67-29-27-65-25-23-63-21-19-61-17-14-46-37(53)11-15-51-39(55)9-10-40(51)56/h5-10,33,36,41,52H,3-4,11-32H2,1-2H3,(H,46,53)(H,48,57)(H,49,58)(H,50,54)(H3,45,47,59)/t36?,41-/m0/s1. The highest BCUT2D eigenvalue weighted by atomic mass is 16.6. The highest BCUT2D eigenvalue weighted by Gasteiger charge is 2.29. The number of carbonyl (C=O) groups is 7. The van der Waals surface area contributed by atoms with Gasteiger partial charge in [0.1, 0.15) is 12.1 Å². The van der Waals surface area contributed by atoms with Crippen molar-refractivity contribution in [2.45, 2.75) is 58.2 Å². The van der Waals surface area contributed by atoms with Crippen LogP contribution in [0.15, 0.2) is 36.4 Å². The van der Waals surface area contributed by atoms with Crippen molar-refractivity contribution < 1.29 is 76.6 Å². The molecule has 378 valence electrons. The first-order valence-electron chi connectivity index (χ1n) is 22.5. The summed E-state index contributed by atoms with van der Waals surface area (Å²) in [5.41, 5.74) is 6.28. The number of urea groups is 1. The summed E-state index contributed by atoms with van der Waals surface area (Å²) < 4.78 is 43.8. The summed E-state index contributed by atoms with van der Waals surface area (Å²) >= 11 is 0. The zero-order chi connectivity index (χ0) is 48.9. The van der Waals surface area contributed by atoms with Crippen LogP contribution in [-0.2, 0) is 73.3 Å². The predicted molar refractivity (Wildman–Crippen MR) is 241 cm³/mol. The van der Waals surface area contributed by atoms with Crippen LogP contribution in [0.1, 0.15) is 45.1 Å². The quantitative estimate of drug-likeness (QED) is 0.0311. The fourth-order valence-corrected chi connectivity index (χ4v) is 5.77. The summed E-state index contributed by atoms with van der Waals surface area (Å²) in [7, 11) is 0. The fourth-order valence-electron chi connectivity index (χ4n) is 5.77. The van der Waals surface area contributed by atoms with Crippen molar-refractivity contribution in [3.8, 4) is 0 Å². The minimum absolute atomic E-state index is 0.00471. The molecule has 8 amide bonds. The molecule has 0 saturated heterocycles. The zero-order valence-electron chi connectivity index (χ0n) is 38.8. The molecule has 0 fully saturated rings. The minimum Gasteiger partial charge on any atom is -0.392 e. The molecule has 23 heteroatoms. The van der Waals surface area contributed by atoms with Crippen LogP contribution in [0.5, 0.6) is 0 Å². The van der Waals surface area contributed by atoms with E-state index in [1.54, 1.807) is 38.1 Å². The second-order valence-electron chi connectivity index (χ2n) is 15.0. The van der Waals surface area contributed by atoms with Gasteiger partial charge in [-0.2, -0.15) is 0 Å². The molecular formula is C44H71N7O16. The van der Waals surface area contributed by atoms with Gasteiger partial charge < -0.3 is 75.3 Å². The van der Waals surface area contributed by atoms with E-state index in [4.69, 9.17) is 43.6 Å². The number of nitrogens with zero attached hydrogens (tertiary/aromatic N) is 1. The van der Waals surface area contributed by atoms with E-state index in [1.807, 2.05) is 0 Å². The van der Waals surface area contributed by atoms with Gasteiger partial charge in [0.05, 0.1) is 112 Å². The maximum atomic E-state index is 13.3. The maximum Gasteiger partial charge on any atom is 0.312 e. The van der Waals surface area contributed by atoms with E-state index in [2.05, 4.69) is 26.6 Å². The van der Waals surface area contributed by atoms with Crippen molar-refractivity contribution in [1.29, 1.82) is 0 Å². The average Bonchev–Trinajstić information content (AvgIpc) is 3.63. The molecule has 67 heavy (non-hydrogen) atoms. The van der Waals surface area contributed by atoms with E-state index in [-0.39, 0.29) is 64.0 Å². The van der Waals surface area contributed by atoms with E-state index >= 15 is 0 Å². The third-order valence-corrected chi connectivity index (χ3v) is 9.38. The van der Waals surface area contributed by atoms with Crippen molar-refractivity contribution in [3.63, 3.8) is 0 Å². The van der Waals surface area contributed by atoms with Gasteiger partial charge in [-0.25, -0.2) is 4.79 Å². The Hall–Kier alpha value is -5.11. The second kappa shape index (κ2) is 36.9. The number of primary amides is 1.